The van der Waals surface area contributed by atoms with Gasteiger partial charge in [0.25, 0.3) is 0 Å². The van der Waals surface area contributed by atoms with Gasteiger partial charge in [-0.1, -0.05) is 29.8 Å². The van der Waals surface area contributed by atoms with Crippen LogP contribution in [-0.4, -0.2) is 51.1 Å². The Labute approximate surface area is 198 Å². The fraction of sp³-hybridized carbons (Fsp3) is 0.417. The quantitative estimate of drug-likeness (QED) is 0.553. The van der Waals surface area contributed by atoms with Gasteiger partial charge >= 0.3 is 12.2 Å². The smallest absolute Gasteiger partial charge is 0.414 e. The Kier molecular flexibility index (Phi) is 7.92. The number of benzene rings is 2. The van der Waals surface area contributed by atoms with Crippen molar-refractivity contribution in [3.63, 3.8) is 0 Å². The Bertz CT molecular complexity index is 1010. The van der Waals surface area contributed by atoms with Crippen LogP contribution in [0.15, 0.2) is 36.4 Å². The third kappa shape index (κ3) is 4.95. The minimum Gasteiger partial charge on any atom is -0.493 e. The minimum atomic E-state index is -0.502. The van der Waals surface area contributed by atoms with Gasteiger partial charge < -0.3 is 18.9 Å². The second-order valence-electron chi connectivity index (χ2n) is 7.62. The highest BCUT2D eigenvalue weighted by Gasteiger charge is 2.40. The molecule has 2 atom stereocenters. The number of rotatable bonds is 6. The summed E-state index contributed by atoms with van der Waals surface area (Å²) in [6.07, 6.45) is -0.508. The first-order valence-electron chi connectivity index (χ1n) is 10.7. The van der Waals surface area contributed by atoms with Crippen molar-refractivity contribution in [2.24, 2.45) is 0 Å². The molecule has 0 fully saturated rings. The number of halogens is 1. The van der Waals surface area contributed by atoms with Crippen LogP contribution < -0.4 is 14.4 Å². The zero-order valence-electron chi connectivity index (χ0n) is 19.5. The maximum Gasteiger partial charge on any atom is 0.414 e. The number of anilines is 1. The number of carbonyl (C=O) groups is 2. The second kappa shape index (κ2) is 10.7. The number of methoxy groups -OCH3 is 3. The van der Waals surface area contributed by atoms with Crippen molar-refractivity contribution < 1.29 is 28.5 Å². The molecule has 2 aromatic rings. The molecule has 1 aliphatic rings. The average molecular weight is 477 g/mol. The Morgan fingerprint density at radius 1 is 1.12 bits per heavy atom. The predicted octanol–water partition coefficient (Wildman–Crippen LogP) is 5.42. The van der Waals surface area contributed by atoms with E-state index in [2.05, 4.69) is 0 Å². The number of hydrogen-bond donors (Lipinski definition) is 0. The fourth-order valence-corrected chi connectivity index (χ4v) is 4.34. The van der Waals surface area contributed by atoms with E-state index in [1.165, 1.54) is 21.3 Å². The Morgan fingerprint density at radius 3 is 2.39 bits per heavy atom. The Balaban J connectivity index is 2.15. The van der Waals surface area contributed by atoms with E-state index in [4.69, 9.17) is 30.5 Å². The number of ether oxygens (including phenoxy) is 4. The first kappa shape index (κ1) is 24.5. The van der Waals surface area contributed by atoms with Crippen LogP contribution in [0.1, 0.15) is 37.4 Å². The van der Waals surface area contributed by atoms with E-state index in [1.807, 2.05) is 25.1 Å². The molecule has 178 valence electrons. The lowest BCUT2D eigenvalue weighted by Crippen LogP contribution is -2.47. The van der Waals surface area contributed by atoms with Crippen LogP contribution in [0.5, 0.6) is 11.5 Å². The van der Waals surface area contributed by atoms with Crippen LogP contribution in [0, 0.1) is 0 Å². The third-order valence-corrected chi connectivity index (χ3v) is 6.07. The van der Waals surface area contributed by atoms with Crippen molar-refractivity contribution in [1.82, 2.24) is 4.90 Å². The summed E-state index contributed by atoms with van der Waals surface area (Å²) in [4.78, 5) is 29.0. The van der Waals surface area contributed by atoms with Crippen molar-refractivity contribution in [1.29, 1.82) is 0 Å². The highest BCUT2D eigenvalue weighted by atomic mass is 35.5. The molecule has 9 heteroatoms. The molecular weight excluding hydrogens is 448 g/mol. The van der Waals surface area contributed by atoms with Crippen LogP contribution in [0.25, 0.3) is 0 Å². The summed E-state index contributed by atoms with van der Waals surface area (Å²) >= 11 is 6.39. The number of fused-ring (bicyclic) bond motifs is 1. The third-order valence-electron chi connectivity index (χ3n) is 5.70. The molecule has 0 aromatic heterocycles. The molecule has 8 nitrogen and oxygen atoms in total. The van der Waals surface area contributed by atoms with Gasteiger partial charge in [-0.3, -0.25) is 9.80 Å². The van der Waals surface area contributed by atoms with Gasteiger partial charge in [0.2, 0.25) is 0 Å². The number of amides is 2. The van der Waals surface area contributed by atoms with Crippen LogP contribution in [0.4, 0.5) is 15.3 Å². The molecule has 33 heavy (non-hydrogen) atoms. The zero-order chi connectivity index (χ0) is 24.1. The van der Waals surface area contributed by atoms with E-state index in [1.54, 1.807) is 34.9 Å². The molecular formula is C24H29ClN2O6. The average Bonchev–Trinajstić information content (AvgIpc) is 2.81. The van der Waals surface area contributed by atoms with Gasteiger partial charge in [0.05, 0.1) is 46.2 Å². The van der Waals surface area contributed by atoms with Crippen molar-refractivity contribution in [3.05, 3.63) is 52.5 Å². The molecule has 0 bridgehead atoms. The van der Waals surface area contributed by atoms with Gasteiger partial charge in [-0.05, 0) is 38.0 Å². The second-order valence-corrected chi connectivity index (χ2v) is 8.03. The summed E-state index contributed by atoms with van der Waals surface area (Å²) in [6, 6.07) is 10.2. The van der Waals surface area contributed by atoms with Crippen LogP contribution in [0.2, 0.25) is 5.02 Å². The van der Waals surface area contributed by atoms with E-state index in [0.29, 0.717) is 28.6 Å². The highest BCUT2D eigenvalue weighted by Crippen LogP contribution is 2.46. The van der Waals surface area contributed by atoms with Gasteiger partial charge in [-0.2, -0.15) is 0 Å². The van der Waals surface area contributed by atoms with Crippen molar-refractivity contribution in [3.8, 4) is 11.5 Å². The predicted molar refractivity (Wildman–Crippen MR) is 125 cm³/mol. The van der Waals surface area contributed by atoms with Gasteiger partial charge in [0.15, 0.2) is 11.5 Å². The lowest BCUT2D eigenvalue weighted by molar-refractivity contribution is 0.0941. The highest BCUT2D eigenvalue weighted by molar-refractivity contribution is 6.31. The van der Waals surface area contributed by atoms with Gasteiger partial charge in [0, 0.05) is 22.7 Å². The van der Waals surface area contributed by atoms with Crippen LogP contribution >= 0.6 is 11.6 Å². The monoisotopic (exact) mass is 476 g/mol. The van der Waals surface area contributed by atoms with Gasteiger partial charge in [-0.25, -0.2) is 9.59 Å². The molecule has 0 aliphatic carbocycles. The molecule has 0 saturated heterocycles. The maximum atomic E-state index is 12.9. The van der Waals surface area contributed by atoms with Crippen LogP contribution in [-0.2, 0) is 16.0 Å². The lowest BCUT2D eigenvalue weighted by atomic mass is 9.90. The van der Waals surface area contributed by atoms with Crippen LogP contribution in [0.3, 0.4) is 0 Å². The van der Waals surface area contributed by atoms with E-state index < -0.39 is 18.2 Å². The van der Waals surface area contributed by atoms with E-state index in [9.17, 15) is 9.59 Å². The summed E-state index contributed by atoms with van der Waals surface area (Å²) in [5.74, 6) is 0.955. The number of hydrogen-bond acceptors (Lipinski definition) is 6. The van der Waals surface area contributed by atoms with Crippen molar-refractivity contribution in [2.75, 3.05) is 32.8 Å². The van der Waals surface area contributed by atoms with E-state index in [-0.39, 0.29) is 19.2 Å². The molecule has 2 amide bonds. The molecule has 2 aromatic carbocycles. The minimum absolute atomic E-state index is 0.233. The van der Waals surface area contributed by atoms with Gasteiger partial charge in [-0.15, -0.1) is 0 Å². The normalized spacial score (nSPS) is 17.1. The summed E-state index contributed by atoms with van der Waals surface area (Å²) in [5, 5.41) is 0.552. The Morgan fingerprint density at radius 2 is 1.79 bits per heavy atom. The molecule has 2 unspecified atom stereocenters. The zero-order valence-corrected chi connectivity index (χ0v) is 20.2. The summed E-state index contributed by atoms with van der Waals surface area (Å²) in [6.45, 7) is 4.15. The number of carbonyl (C=O) groups excluding carboxylic acids is 2. The van der Waals surface area contributed by atoms with Gasteiger partial charge in [0.1, 0.15) is 0 Å². The molecule has 0 N–H and O–H groups in total. The molecule has 1 aliphatic heterocycles. The summed E-state index contributed by atoms with van der Waals surface area (Å²) in [7, 11) is 4.41. The largest absolute Gasteiger partial charge is 0.493 e. The number of nitrogens with zero attached hydrogens (tertiary/aromatic N) is 2. The summed E-state index contributed by atoms with van der Waals surface area (Å²) in [5.41, 5.74) is 2.09. The Hall–Kier alpha value is -3.13. The maximum absolute atomic E-state index is 12.9. The molecule has 3 rings (SSSR count). The van der Waals surface area contributed by atoms with E-state index in [0.717, 1.165) is 11.1 Å². The van der Waals surface area contributed by atoms with E-state index >= 15 is 0 Å². The summed E-state index contributed by atoms with van der Waals surface area (Å²) < 4.78 is 21.4. The standard InChI is InChI=1S/C24H29ClN2O6/c1-6-33-24(29)27-15(2)11-19(17-12-21(30-3)22(31-4)13-20(17)27)26(23(28)32-5)14-16-9-7-8-10-18(16)25/h7-10,12-13,15,19H,6,11,14H2,1-5H3. The van der Waals surface area contributed by atoms with Crippen molar-refractivity contribution in [2.45, 2.75) is 38.9 Å². The molecule has 0 radical (unpaired) electrons. The first-order valence-corrected chi connectivity index (χ1v) is 11.0. The lowest BCUT2D eigenvalue weighted by Gasteiger charge is -2.42. The molecule has 0 saturated carbocycles. The van der Waals surface area contributed by atoms with Crippen molar-refractivity contribution >= 4 is 29.5 Å². The topological polar surface area (TPSA) is 77.5 Å². The molecule has 0 spiro atoms. The fourth-order valence-electron chi connectivity index (χ4n) is 4.15. The SMILES string of the molecule is CCOC(=O)N1c2cc(OC)c(OC)cc2C(N(Cc2ccccc2Cl)C(=O)OC)CC1C. The first-order chi connectivity index (χ1) is 15.9. The molecule has 1 heterocycles.